The monoisotopic (exact) mass is 466 g/mol. The van der Waals surface area contributed by atoms with Crippen molar-refractivity contribution in [2.75, 3.05) is 18.5 Å². The summed E-state index contributed by atoms with van der Waals surface area (Å²) in [5.41, 5.74) is 5.69. The van der Waals surface area contributed by atoms with E-state index in [4.69, 9.17) is 9.15 Å². The molecule has 3 heterocycles. The number of hydrogen-bond donors (Lipinski definition) is 2. The molecule has 1 fully saturated rings. The summed E-state index contributed by atoms with van der Waals surface area (Å²) >= 11 is 1.55. The molecule has 2 aliphatic rings. The predicted octanol–water partition coefficient (Wildman–Crippen LogP) is 5.08. The zero-order chi connectivity index (χ0) is 22.9. The van der Waals surface area contributed by atoms with Gasteiger partial charge in [-0.05, 0) is 69.1 Å². The van der Waals surface area contributed by atoms with Crippen LogP contribution in [0.4, 0.5) is 5.00 Å². The van der Waals surface area contributed by atoms with Crippen molar-refractivity contribution in [2.45, 2.75) is 64.9 Å². The molecule has 5 rings (SSSR count). The Morgan fingerprint density at radius 2 is 2.00 bits per heavy atom. The highest BCUT2D eigenvalue weighted by atomic mass is 32.1. The number of carbonyl (C=O) groups is 2. The number of hydrogen-bond acceptors (Lipinski definition) is 5. The fourth-order valence-corrected chi connectivity index (χ4v) is 6.17. The van der Waals surface area contributed by atoms with E-state index in [2.05, 4.69) is 16.7 Å². The number of carbonyl (C=O) groups excluding carboxylic acids is 2. The second-order valence-electron chi connectivity index (χ2n) is 9.13. The molecule has 1 aromatic carbocycles. The molecule has 2 amide bonds. The highest BCUT2D eigenvalue weighted by Crippen LogP contribution is 2.38. The lowest BCUT2D eigenvalue weighted by molar-refractivity contribution is -0.115. The minimum absolute atomic E-state index is 0.0860. The molecule has 0 saturated carbocycles. The van der Waals surface area contributed by atoms with E-state index >= 15 is 0 Å². The van der Waals surface area contributed by atoms with Gasteiger partial charge in [-0.15, -0.1) is 11.3 Å². The van der Waals surface area contributed by atoms with Gasteiger partial charge in [-0.25, -0.2) is 0 Å². The van der Waals surface area contributed by atoms with Crippen LogP contribution in [0.25, 0.3) is 11.0 Å². The van der Waals surface area contributed by atoms with Gasteiger partial charge < -0.3 is 19.8 Å². The maximum atomic E-state index is 13.2. The Morgan fingerprint density at radius 1 is 1.15 bits per heavy atom. The third-order valence-electron chi connectivity index (χ3n) is 6.86. The Hall–Kier alpha value is -2.64. The van der Waals surface area contributed by atoms with Gasteiger partial charge in [0.15, 0.2) is 0 Å². The Kier molecular flexibility index (Phi) is 6.25. The van der Waals surface area contributed by atoms with E-state index in [0.717, 1.165) is 78.4 Å². The van der Waals surface area contributed by atoms with Crippen molar-refractivity contribution in [3.8, 4) is 0 Å². The highest BCUT2D eigenvalue weighted by Gasteiger charge is 2.27. The fourth-order valence-electron chi connectivity index (χ4n) is 4.86. The van der Waals surface area contributed by atoms with Crippen LogP contribution in [-0.4, -0.2) is 31.1 Å². The van der Waals surface area contributed by atoms with E-state index in [1.165, 1.54) is 4.88 Å². The number of thiophene rings is 1. The minimum Gasteiger partial charge on any atom is -0.464 e. The van der Waals surface area contributed by atoms with Crippen LogP contribution in [0.3, 0.4) is 0 Å². The number of rotatable bonds is 6. The Bertz CT molecular complexity index is 1200. The van der Waals surface area contributed by atoms with E-state index < -0.39 is 0 Å². The molecule has 0 radical (unpaired) electrons. The Labute approximate surface area is 197 Å². The number of fused-ring (bicyclic) bond motifs is 2. The van der Waals surface area contributed by atoms with Crippen molar-refractivity contribution in [3.05, 3.63) is 51.1 Å². The molecule has 1 aliphatic heterocycles. The van der Waals surface area contributed by atoms with Gasteiger partial charge in [0.1, 0.15) is 10.6 Å². The van der Waals surface area contributed by atoms with Gasteiger partial charge in [0.05, 0.1) is 24.4 Å². The number of aryl methyl sites for hydroxylation is 3. The molecule has 1 atom stereocenters. The van der Waals surface area contributed by atoms with E-state index in [-0.39, 0.29) is 24.3 Å². The molecule has 2 N–H and O–H groups in total. The standard InChI is InChI=1S/C26H30N2O4S/c1-15-9-10-19-17(14-32-24(19)16(15)2)12-22(29)28-26-23(20-7-3-4-8-21(20)33-26)25(30)27-13-18-6-5-11-31-18/h9-10,14,18H,3-8,11-13H2,1-2H3,(H,27,30)(H,28,29)/t18-/m0/s1. The third kappa shape index (κ3) is 4.44. The van der Waals surface area contributed by atoms with Crippen LogP contribution in [0.1, 0.15) is 63.2 Å². The number of anilines is 1. The molecule has 0 unspecified atom stereocenters. The third-order valence-corrected chi connectivity index (χ3v) is 8.07. The quantitative estimate of drug-likeness (QED) is 0.531. The lowest BCUT2D eigenvalue weighted by atomic mass is 9.95. The van der Waals surface area contributed by atoms with Gasteiger partial charge in [0.2, 0.25) is 5.91 Å². The summed E-state index contributed by atoms with van der Waals surface area (Å²) in [4.78, 5) is 27.4. The van der Waals surface area contributed by atoms with Crippen LogP contribution in [0, 0.1) is 13.8 Å². The van der Waals surface area contributed by atoms with Crippen molar-refractivity contribution >= 4 is 39.1 Å². The highest BCUT2D eigenvalue weighted by molar-refractivity contribution is 7.17. The van der Waals surface area contributed by atoms with Gasteiger partial charge in [0, 0.05) is 29.0 Å². The van der Waals surface area contributed by atoms with E-state index in [9.17, 15) is 9.59 Å². The molecule has 0 bridgehead atoms. The van der Waals surface area contributed by atoms with Crippen molar-refractivity contribution in [1.29, 1.82) is 0 Å². The maximum Gasteiger partial charge on any atom is 0.254 e. The fraction of sp³-hybridized carbons (Fsp3) is 0.462. The second-order valence-corrected chi connectivity index (χ2v) is 10.2. The summed E-state index contributed by atoms with van der Waals surface area (Å²) < 4.78 is 11.4. The number of ether oxygens (including phenoxy) is 1. The molecule has 1 aliphatic carbocycles. The summed E-state index contributed by atoms with van der Waals surface area (Å²) in [7, 11) is 0. The largest absolute Gasteiger partial charge is 0.464 e. The molecule has 3 aromatic rings. The summed E-state index contributed by atoms with van der Waals surface area (Å²) in [5, 5.41) is 7.73. The first-order valence-electron chi connectivity index (χ1n) is 11.8. The van der Waals surface area contributed by atoms with Gasteiger partial charge in [-0.1, -0.05) is 12.1 Å². The average Bonchev–Trinajstić information content (AvgIpc) is 3.53. The molecule has 1 saturated heterocycles. The van der Waals surface area contributed by atoms with E-state index in [1.54, 1.807) is 17.6 Å². The van der Waals surface area contributed by atoms with Crippen LogP contribution < -0.4 is 10.6 Å². The molecule has 174 valence electrons. The van der Waals surface area contributed by atoms with Crippen LogP contribution >= 0.6 is 11.3 Å². The lowest BCUT2D eigenvalue weighted by Crippen LogP contribution is -2.32. The second kappa shape index (κ2) is 9.31. The smallest absolute Gasteiger partial charge is 0.254 e. The summed E-state index contributed by atoms with van der Waals surface area (Å²) in [6.07, 6.45) is 8.02. The molecular formula is C26H30N2O4S. The zero-order valence-electron chi connectivity index (χ0n) is 19.2. The maximum absolute atomic E-state index is 13.2. The first kappa shape index (κ1) is 22.2. The predicted molar refractivity (Wildman–Crippen MR) is 130 cm³/mol. The number of nitrogens with one attached hydrogen (secondary N) is 2. The number of benzene rings is 1. The Morgan fingerprint density at radius 3 is 2.82 bits per heavy atom. The van der Waals surface area contributed by atoms with Gasteiger partial charge >= 0.3 is 0 Å². The molecular weight excluding hydrogens is 436 g/mol. The van der Waals surface area contributed by atoms with Crippen molar-refractivity contribution in [2.24, 2.45) is 0 Å². The number of amides is 2. The van der Waals surface area contributed by atoms with Crippen molar-refractivity contribution in [3.63, 3.8) is 0 Å². The van der Waals surface area contributed by atoms with E-state index in [1.807, 2.05) is 19.9 Å². The Balaban J connectivity index is 1.35. The van der Waals surface area contributed by atoms with Crippen molar-refractivity contribution < 1.29 is 18.7 Å². The first-order valence-corrected chi connectivity index (χ1v) is 12.6. The number of furan rings is 1. The summed E-state index contributed by atoms with van der Waals surface area (Å²) in [6, 6.07) is 4.07. The first-order chi connectivity index (χ1) is 16.0. The lowest BCUT2D eigenvalue weighted by Gasteiger charge is -2.15. The van der Waals surface area contributed by atoms with Gasteiger partial charge in [0.25, 0.3) is 5.91 Å². The molecule has 6 nitrogen and oxygen atoms in total. The van der Waals surface area contributed by atoms with Gasteiger partial charge in [-0.3, -0.25) is 9.59 Å². The topological polar surface area (TPSA) is 80.6 Å². The van der Waals surface area contributed by atoms with Crippen LogP contribution in [0.2, 0.25) is 0 Å². The molecule has 7 heteroatoms. The van der Waals surface area contributed by atoms with Gasteiger partial charge in [-0.2, -0.15) is 0 Å². The molecule has 2 aromatic heterocycles. The van der Waals surface area contributed by atoms with Crippen LogP contribution in [0.15, 0.2) is 22.8 Å². The van der Waals surface area contributed by atoms with Crippen molar-refractivity contribution in [1.82, 2.24) is 5.32 Å². The SMILES string of the molecule is Cc1ccc2c(CC(=O)Nc3sc4c(c3C(=O)NC[C@@H]3CCCO3)CCCC4)coc2c1C. The zero-order valence-corrected chi connectivity index (χ0v) is 20.0. The normalized spacial score (nSPS) is 17.8. The van der Waals surface area contributed by atoms with Crippen LogP contribution in [0.5, 0.6) is 0 Å². The van der Waals surface area contributed by atoms with E-state index in [0.29, 0.717) is 17.1 Å². The van der Waals surface area contributed by atoms with Crippen LogP contribution in [-0.2, 0) is 28.8 Å². The minimum atomic E-state index is -0.136. The molecule has 33 heavy (non-hydrogen) atoms. The summed E-state index contributed by atoms with van der Waals surface area (Å²) in [6.45, 7) is 5.35. The molecule has 0 spiro atoms. The average molecular weight is 467 g/mol. The summed E-state index contributed by atoms with van der Waals surface area (Å²) in [5.74, 6) is -0.247.